The third-order valence-electron chi connectivity index (χ3n) is 5.80. The summed E-state index contributed by atoms with van der Waals surface area (Å²) in [7, 11) is 0. The molecular weight excluding hydrogens is 362 g/mol. The van der Waals surface area contributed by atoms with Crippen molar-refractivity contribution in [3.05, 3.63) is 53.6 Å². The van der Waals surface area contributed by atoms with Crippen LogP contribution in [0.3, 0.4) is 0 Å². The Labute approximate surface area is 173 Å². The molecule has 0 aromatic heterocycles. The van der Waals surface area contributed by atoms with E-state index in [1.165, 1.54) is 12.8 Å². The van der Waals surface area contributed by atoms with Crippen LogP contribution in [0.2, 0.25) is 0 Å². The van der Waals surface area contributed by atoms with Gasteiger partial charge < -0.3 is 9.84 Å². The Balaban J connectivity index is 2.08. The highest BCUT2D eigenvalue weighted by Crippen LogP contribution is 2.41. The Kier molecular flexibility index (Phi) is 6.27. The zero-order valence-electron chi connectivity index (χ0n) is 17.4. The van der Waals surface area contributed by atoms with Crippen molar-refractivity contribution >= 4 is 5.97 Å². The lowest BCUT2D eigenvalue weighted by atomic mass is 9.72. The van der Waals surface area contributed by atoms with E-state index < -0.39 is 11.4 Å². The van der Waals surface area contributed by atoms with Crippen LogP contribution in [-0.2, 0) is 10.2 Å². The molecule has 0 amide bonds. The van der Waals surface area contributed by atoms with Gasteiger partial charge in [0.25, 0.3) is 0 Å². The van der Waals surface area contributed by atoms with Crippen LogP contribution in [0.15, 0.2) is 42.5 Å². The number of ether oxygens (including phenoxy) is 1. The van der Waals surface area contributed by atoms with E-state index in [-0.39, 0.29) is 5.92 Å². The highest BCUT2D eigenvalue weighted by atomic mass is 16.5. The van der Waals surface area contributed by atoms with Crippen LogP contribution in [0, 0.1) is 23.2 Å². The number of carboxylic acid groups (broad SMARTS) is 1. The van der Waals surface area contributed by atoms with Gasteiger partial charge in [-0.2, -0.15) is 5.26 Å². The maximum absolute atomic E-state index is 12.4. The summed E-state index contributed by atoms with van der Waals surface area (Å²) in [6, 6.07) is 15.3. The van der Waals surface area contributed by atoms with E-state index in [0.29, 0.717) is 30.9 Å². The third-order valence-corrected chi connectivity index (χ3v) is 5.80. The second-order valence-electron chi connectivity index (χ2n) is 8.49. The minimum atomic E-state index is -0.926. The van der Waals surface area contributed by atoms with Crippen molar-refractivity contribution in [1.82, 2.24) is 0 Å². The number of rotatable bonds is 9. The number of nitriles is 1. The van der Waals surface area contributed by atoms with Crippen molar-refractivity contribution < 1.29 is 14.6 Å². The lowest BCUT2D eigenvalue weighted by Crippen LogP contribution is -2.36. The molecule has 1 aliphatic carbocycles. The van der Waals surface area contributed by atoms with Crippen molar-refractivity contribution in [2.24, 2.45) is 11.8 Å². The summed E-state index contributed by atoms with van der Waals surface area (Å²) in [5.41, 5.74) is 2.29. The van der Waals surface area contributed by atoms with Crippen molar-refractivity contribution in [1.29, 1.82) is 5.26 Å². The maximum Gasteiger partial charge on any atom is 0.314 e. The summed E-state index contributed by atoms with van der Waals surface area (Å²) >= 11 is 0. The fraction of sp³-hybridized carbons (Fsp3) is 0.440. The molecule has 1 aliphatic rings. The average Bonchev–Trinajstić information content (AvgIpc) is 3.54. The second-order valence-corrected chi connectivity index (χ2v) is 8.49. The molecule has 1 unspecified atom stereocenters. The van der Waals surface area contributed by atoms with Gasteiger partial charge in [0.05, 0.1) is 23.7 Å². The van der Waals surface area contributed by atoms with Gasteiger partial charge in [0.1, 0.15) is 5.75 Å². The van der Waals surface area contributed by atoms with E-state index in [2.05, 4.69) is 19.9 Å². The van der Waals surface area contributed by atoms with Crippen molar-refractivity contribution in [2.75, 3.05) is 6.61 Å². The summed E-state index contributed by atoms with van der Waals surface area (Å²) < 4.78 is 6.10. The minimum Gasteiger partial charge on any atom is -0.493 e. The molecule has 152 valence electrons. The van der Waals surface area contributed by atoms with Gasteiger partial charge in [0, 0.05) is 5.56 Å². The topological polar surface area (TPSA) is 70.3 Å². The van der Waals surface area contributed by atoms with Gasteiger partial charge in [-0.15, -0.1) is 0 Å². The third kappa shape index (κ3) is 4.62. The van der Waals surface area contributed by atoms with Crippen LogP contribution in [0.4, 0.5) is 0 Å². The molecule has 0 heterocycles. The SMILES string of the molecule is CCC(CC(C)C)(C(=O)O)c1ccc(OCC2CC2)c(-c2ccc(C#N)cc2)c1. The van der Waals surface area contributed by atoms with Gasteiger partial charge in [0.2, 0.25) is 0 Å². The first-order valence-electron chi connectivity index (χ1n) is 10.4. The Bertz CT molecular complexity index is 907. The van der Waals surface area contributed by atoms with Gasteiger partial charge >= 0.3 is 5.97 Å². The standard InChI is InChI=1S/C25H29NO3/c1-4-25(24(27)28,14-17(2)3)21-11-12-23(29-16-19-5-6-19)22(13-21)20-9-7-18(15-26)8-10-20/h7-13,17,19H,4-6,14,16H2,1-3H3,(H,27,28). The van der Waals surface area contributed by atoms with Gasteiger partial charge in [0.15, 0.2) is 0 Å². The molecule has 4 heteroatoms. The Morgan fingerprint density at radius 2 is 1.93 bits per heavy atom. The summed E-state index contributed by atoms with van der Waals surface area (Å²) in [5, 5.41) is 19.2. The molecular formula is C25H29NO3. The molecule has 2 aromatic carbocycles. The molecule has 1 saturated carbocycles. The Morgan fingerprint density at radius 1 is 1.24 bits per heavy atom. The minimum absolute atomic E-state index is 0.259. The average molecular weight is 392 g/mol. The number of carboxylic acids is 1. The molecule has 0 bridgehead atoms. The van der Waals surface area contributed by atoms with E-state index in [0.717, 1.165) is 22.4 Å². The predicted molar refractivity (Wildman–Crippen MR) is 114 cm³/mol. The van der Waals surface area contributed by atoms with Crippen LogP contribution in [0.1, 0.15) is 57.6 Å². The number of carbonyl (C=O) groups is 1. The predicted octanol–water partition coefficient (Wildman–Crippen LogP) is 5.79. The zero-order chi connectivity index (χ0) is 21.0. The second kappa shape index (κ2) is 8.69. The van der Waals surface area contributed by atoms with Crippen molar-refractivity contribution in [3.8, 4) is 22.9 Å². The molecule has 0 spiro atoms. The molecule has 2 aromatic rings. The summed E-state index contributed by atoms with van der Waals surface area (Å²) in [6.07, 6.45) is 3.51. The molecule has 29 heavy (non-hydrogen) atoms. The largest absolute Gasteiger partial charge is 0.493 e. The smallest absolute Gasteiger partial charge is 0.314 e. The Morgan fingerprint density at radius 3 is 2.45 bits per heavy atom. The van der Waals surface area contributed by atoms with Crippen LogP contribution < -0.4 is 4.74 Å². The first-order chi connectivity index (χ1) is 13.9. The molecule has 1 N–H and O–H groups in total. The lowest BCUT2D eigenvalue weighted by molar-refractivity contribution is -0.144. The van der Waals surface area contributed by atoms with E-state index in [9.17, 15) is 9.90 Å². The van der Waals surface area contributed by atoms with Gasteiger partial charge in [-0.1, -0.05) is 39.0 Å². The van der Waals surface area contributed by atoms with Crippen LogP contribution in [-0.4, -0.2) is 17.7 Å². The highest BCUT2D eigenvalue weighted by molar-refractivity contribution is 5.83. The van der Waals surface area contributed by atoms with Gasteiger partial charge in [-0.25, -0.2) is 0 Å². The van der Waals surface area contributed by atoms with Gasteiger partial charge in [-0.3, -0.25) is 4.79 Å². The maximum atomic E-state index is 12.4. The number of benzene rings is 2. The molecule has 1 atom stereocenters. The molecule has 1 fully saturated rings. The number of aliphatic carboxylic acids is 1. The molecule has 0 radical (unpaired) electrons. The lowest BCUT2D eigenvalue weighted by Gasteiger charge is -2.31. The zero-order valence-corrected chi connectivity index (χ0v) is 17.4. The summed E-state index contributed by atoms with van der Waals surface area (Å²) in [5.74, 6) is 0.866. The number of nitrogens with zero attached hydrogens (tertiary/aromatic N) is 1. The number of hydrogen-bond donors (Lipinski definition) is 1. The van der Waals surface area contributed by atoms with Gasteiger partial charge in [-0.05, 0) is 72.9 Å². The van der Waals surface area contributed by atoms with Crippen molar-refractivity contribution in [2.45, 2.75) is 51.9 Å². The molecule has 0 aliphatic heterocycles. The number of hydrogen-bond acceptors (Lipinski definition) is 3. The Hall–Kier alpha value is -2.80. The van der Waals surface area contributed by atoms with Crippen LogP contribution in [0.5, 0.6) is 5.75 Å². The highest BCUT2D eigenvalue weighted by Gasteiger charge is 2.39. The van der Waals surface area contributed by atoms with E-state index in [4.69, 9.17) is 10.00 Å². The fourth-order valence-electron chi connectivity index (χ4n) is 3.92. The summed E-state index contributed by atoms with van der Waals surface area (Å²) in [4.78, 5) is 12.4. The summed E-state index contributed by atoms with van der Waals surface area (Å²) in [6.45, 7) is 6.74. The van der Waals surface area contributed by atoms with Crippen LogP contribution >= 0.6 is 0 Å². The first kappa shape index (κ1) is 20.9. The van der Waals surface area contributed by atoms with E-state index in [1.807, 2.05) is 37.3 Å². The van der Waals surface area contributed by atoms with E-state index >= 15 is 0 Å². The van der Waals surface area contributed by atoms with E-state index in [1.54, 1.807) is 12.1 Å². The van der Waals surface area contributed by atoms with Crippen molar-refractivity contribution in [3.63, 3.8) is 0 Å². The molecule has 3 rings (SSSR count). The quantitative estimate of drug-likeness (QED) is 0.587. The fourth-order valence-corrected chi connectivity index (χ4v) is 3.92. The molecule has 0 saturated heterocycles. The molecule has 4 nitrogen and oxygen atoms in total. The monoisotopic (exact) mass is 391 g/mol. The van der Waals surface area contributed by atoms with Crippen LogP contribution in [0.25, 0.3) is 11.1 Å². The first-order valence-corrected chi connectivity index (χ1v) is 10.4. The normalized spacial score (nSPS) is 15.6.